The summed E-state index contributed by atoms with van der Waals surface area (Å²) >= 11 is 0. The van der Waals surface area contributed by atoms with Crippen molar-refractivity contribution in [3.63, 3.8) is 0 Å². The average Bonchev–Trinajstić information content (AvgIpc) is 3.78. The maximum Gasteiger partial charge on any atom is 0.160 e. The van der Waals surface area contributed by atoms with Gasteiger partial charge in [-0.1, -0.05) is 39.8 Å². The number of hydrogen-bond donors (Lipinski definition) is 3. The topological polar surface area (TPSA) is 102 Å². The van der Waals surface area contributed by atoms with Gasteiger partial charge in [0.15, 0.2) is 5.82 Å². The summed E-state index contributed by atoms with van der Waals surface area (Å²) in [5.41, 5.74) is 13.5. The minimum Gasteiger partial charge on any atom is -0.340 e. The second kappa shape index (κ2) is 10.3. The van der Waals surface area contributed by atoms with Crippen LogP contribution < -0.4 is 16.4 Å². The molecule has 2 unspecified atom stereocenters. The molecule has 4 N–H and O–H groups in total. The third-order valence-corrected chi connectivity index (χ3v) is 8.51. The van der Waals surface area contributed by atoms with Gasteiger partial charge >= 0.3 is 0 Å². The van der Waals surface area contributed by atoms with E-state index < -0.39 is 0 Å². The highest BCUT2D eigenvalue weighted by molar-refractivity contribution is 5.86. The van der Waals surface area contributed by atoms with Gasteiger partial charge in [-0.3, -0.25) is 4.98 Å². The summed E-state index contributed by atoms with van der Waals surface area (Å²) in [5.74, 6) is 2.75. The third-order valence-electron chi connectivity index (χ3n) is 8.51. The Hall–Kier alpha value is -3.42. The van der Waals surface area contributed by atoms with E-state index in [1.54, 1.807) is 0 Å². The zero-order chi connectivity index (χ0) is 27.1. The molecule has 0 bridgehead atoms. The van der Waals surface area contributed by atoms with Crippen LogP contribution in [0.2, 0.25) is 0 Å². The fourth-order valence-electron chi connectivity index (χ4n) is 6.00. The number of rotatable bonds is 7. The Bertz CT molecular complexity index is 1470. The molecule has 7 heteroatoms. The molecule has 1 aliphatic carbocycles. The third kappa shape index (κ3) is 5.25. The number of nitrogens with two attached hydrogens (primary N) is 1. The second-order valence-corrected chi connectivity index (χ2v) is 12.2. The summed E-state index contributed by atoms with van der Waals surface area (Å²) in [6.45, 7) is 11.0. The largest absolute Gasteiger partial charge is 0.340 e. The van der Waals surface area contributed by atoms with Crippen molar-refractivity contribution in [3.05, 3.63) is 71.8 Å². The van der Waals surface area contributed by atoms with Crippen molar-refractivity contribution in [2.24, 2.45) is 17.1 Å². The number of aromatic nitrogens is 4. The molecule has 3 aromatic heterocycles. The van der Waals surface area contributed by atoms with E-state index in [1.165, 1.54) is 24.0 Å². The molecular formula is C32H39N7. The second-order valence-electron chi connectivity index (χ2n) is 12.2. The minimum atomic E-state index is -0.190. The Kier molecular flexibility index (Phi) is 6.81. The van der Waals surface area contributed by atoms with Gasteiger partial charge in [-0.25, -0.2) is 15.0 Å². The molecule has 1 saturated carbocycles. The van der Waals surface area contributed by atoms with Crippen LogP contribution in [-0.4, -0.2) is 33.0 Å². The highest BCUT2D eigenvalue weighted by atomic mass is 15.0. The lowest BCUT2D eigenvalue weighted by atomic mass is 9.70. The van der Waals surface area contributed by atoms with Crippen LogP contribution in [0.5, 0.6) is 0 Å². The van der Waals surface area contributed by atoms with Crippen molar-refractivity contribution in [2.45, 2.75) is 64.8 Å². The predicted molar refractivity (Wildman–Crippen MR) is 158 cm³/mol. The summed E-state index contributed by atoms with van der Waals surface area (Å²) in [5, 5.41) is 8.09. The molecule has 1 saturated heterocycles. The zero-order valence-corrected chi connectivity index (χ0v) is 23.4. The summed E-state index contributed by atoms with van der Waals surface area (Å²) in [6, 6.07) is 12.3. The molecule has 4 heterocycles. The zero-order valence-electron chi connectivity index (χ0n) is 23.4. The smallest absolute Gasteiger partial charge is 0.160 e. The Morgan fingerprint density at radius 3 is 2.54 bits per heavy atom. The normalized spacial score (nSPS) is 19.8. The van der Waals surface area contributed by atoms with E-state index in [1.807, 2.05) is 30.7 Å². The molecule has 2 fully saturated rings. The maximum absolute atomic E-state index is 7.15. The van der Waals surface area contributed by atoms with Gasteiger partial charge in [0.05, 0.1) is 23.4 Å². The molecule has 2 aliphatic rings. The van der Waals surface area contributed by atoms with Crippen LogP contribution >= 0.6 is 0 Å². The van der Waals surface area contributed by atoms with E-state index in [0.717, 1.165) is 53.2 Å². The molecule has 7 nitrogen and oxygen atoms in total. The molecule has 4 aromatic rings. The van der Waals surface area contributed by atoms with Gasteiger partial charge in [-0.15, -0.1) is 0 Å². The monoisotopic (exact) mass is 521 g/mol. The molecule has 0 radical (unpaired) electrons. The van der Waals surface area contributed by atoms with Crippen molar-refractivity contribution in [1.82, 2.24) is 25.3 Å². The Labute approximate surface area is 231 Å². The molecule has 39 heavy (non-hydrogen) atoms. The van der Waals surface area contributed by atoms with Crippen LogP contribution in [-0.2, 0) is 0 Å². The number of nitrogens with zero attached hydrogens (tertiary/aromatic N) is 4. The summed E-state index contributed by atoms with van der Waals surface area (Å²) in [6.07, 6.45) is 9.08. The van der Waals surface area contributed by atoms with Gasteiger partial charge < -0.3 is 16.4 Å². The molecule has 202 valence electrons. The van der Waals surface area contributed by atoms with Crippen molar-refractivity contribution in [1.29, 1.82) is 0 Å². The van der Waals surface area contributed by atoms with Crippen LogP contribution in [0.15, 0.2) is 55.0 Å². The molecular weight excluding hydrogens is 482 g/mol. The lowest BCUT2D eigenvalue weighted by molar-refractivity contribution is 0.128. The standard InChI is InChI=1S/C32H39N7/c1-19(2)20-7-9-23(10-8-20)37-27-15-22(11-14-36-27)31-38-26-17-35-16-24(21-5-6-21)28(26)30(39-31)29(33)25-12-13-34-18-32(25,3)4/h7-11,14-17,19,21,25,29,34H,5-6,12-13,18,33H2,1-4H3,(H,36,37). The Morgan fingerprint density at radius 1 is 1.03 bits per heavy atom. The predicted octanol–water partition coefficient (Wildman–Crippen LogP) is 6.47. The first-order chi connectivity index (χ1) is 18.8. The number of piperidine rings is 1. The average molecular weight is 522 g/mol. The van der Waals surface area contributed by atoms with E-state index in [9.17, 15) is 0 Å². The van der Waals surface area contributed by atoms with E-state index in [-0.39, 0.29) is 11.5 Å². The van der Waals surface area contributed by atoms with Crippen molar-refractivity contribution in [2.75, 3.05) is 18.4 Å². The van der Waals surface area contributed by atoms with Crippen LogP contribution in [0.3, 0.4) is 0 Å². The number of hydrogen-bond acceptors (Lipinski definition) is 7. The number of fused-ring (bicyclic) bond motifs is 1. The summed E-state index contributed by atoms with van der Waals surface area (Å²) in [4.78, 5) is 19.4. The highest BCUT2D eigenvalue weighted by Crippen LogP contribution is 2.46. The van der Waals surface area contributed by atoms with Gasteiger partial charge in [0, 0.05) is 35.6 Å². The number of pyridine rings is 2. The van der Waals surface area contributed by atoms with Gasteiger partial charge in [0.25, 0.3) is 0 Å². The Balaban J connectivity index is 1.40. The first kappa shape index (κ1) is 25.8. The molecule has 1 aromatic carbocycles. The molecule has 1 aliphatic heterocycles. The van der Waals surface area contributed by atoms with E-state index in [0.29, 0.717) is 23.6 Å². The lowest BCUT2D eigenvalue weighted by Gasteiger charge is -2.42. The van der Waals surface area contributed by atoms with Gasteiger partial charge in [-0.05, 0) is 84.4 Å². The summed E-state index contributed by atoms with van der Waals surface area (Å²) < 4.78 is 0. The Morgan fingerprint density at radius 2 is 1.82 bits per heavy atom. The van der Waals surface area contributed by atoms with Gasteiger partial charge in [0.1, 0.15) is 5.82 Å². The molecule has 2 atom stereocenters. The van der Waals surface area contributed by atoms with E-state index in [4.69, 9.17) is 15.7 Å². The lowest BCUT2D eigenvalue weighted by Crippen LogP contribution is -2.47. The molecule has 0 spiro atoms. The number of nitrogens with one attached hydrogen (secondary N) is 2. The SMILES string of the molecule is CC(C)c1ccc(Nc2cc(-c3nc(C(N)C4CCNCC4(C)C)c4c(C5CC5)cncc4n3)ccn2)cc1. The van der Waals surface area contributed by atoms with Crippen molar-refractivity contribution >= 4 is 22.4 Å². The van der Waals surface area contributed by atoms with Crippen LogP contribution in [0, 0.1) is 11.3 Å². The van der Waals surface area contributed by atoms with Crippen LogP contribution in [0.4, 0.5) is 11.5 Å². The van der Waals surface area contributed by atoms with Crippen molar-refractivity contribution < 1.29 is 0 Å². The van der Waals surface area contributed by atoms with Gasteiger partial charge in [-0.2, -0.15) is 0 Å². The highest BCUT2D eigenvalue weighted by Gasteiger charge is 2.39. The summed E-state index contributed by atoms with van der Waals surface area (Å²) in [7, 11) is 0. The fourth-order valence-corrected chi connectivity index (χ4v) is 6.00. The quantitative estimate of drug-likeness (QED) is 0.256. The molecule has 6 rings (SSSR count). The van der Waals surface area contributed by atoms with Crippen molar-refractivity contribution in [3.8, 4) is 11.4 Å². The van der Waals surface area contributed by atoms with E-state index in [2.05, 4.69) is 72.6 Å². The maximum atomic E-state index is 7.15. The van der Waals surface area contributed by atoms with Gasteiger partial charge in [0.2, 0.25) is 0 Å². The van der Waals surface area contributed by atoms with Crippen LogP contribution in [0.1, 0.15) is 81.7 Å². The number of anilines is 2. The fraction of sp³-hybridized carbons (Fsp3) is 0.438. The molecule has 0 amide bonds. The minimum absolute atomic E-state index is 0.0702. The van der Waals surface area contributed by atoms with E-state index >= 15 is 0 Å². The van der Waals surface area contributed by atoms with Crippen LogP contribution in [0.25, 0.3) is 22.3 Å². The first-order valence-electron chi connectivity index (χ1n) is 14.3. The first-order valence-corrected chi connectivity index (χ1v) is 14.3. The number of benzene rings is 1.